The first-order valence-electron chi connectivity index (χ1n) is 5.67. The molecule has 1 heterocycles. The van der Waals surface area contributed by atoms with Crippen LogP contribution in [-0.2, 0) is 12.0 Å². The van der Waals surface area contributed by atoms with Crippen LogP contribution >= 0.6 is 43.5 Å². The van der Waals surface area contributed by atoms with Gasteiger partial charge >= 0.3 is 0 Å². The van der Waals surface area contributed by atoms with Gasteiger partial charge in [-0.15, -0.1) is 0 Å². The fourth-order valence-electron chi connectivity index (χ4n) is 1.89. The molecule has 19 heavy (non-hydrogen) atoms. The molecule has 0 saturated carbocycles. The van der Waals surface area contributed by atoms with E-state index in [1.807, 2.05) is 24.3 Å². The number of benzene rings is 1. The second kappa shape index (κ2) is 5.92. The minimum absolute atomic E-state index is 0.404. The van der Waals surface area contributed by atoms with Crippen molar-refractivity contribution in [3.8, 4) is 0 Å². The first-order valence-corrected chi connectivity index (χ1v) is 7.63. The Bertz CT molecular complexity index is 584. The summed E-state index contributed by atoms with van der Waals surface area (Å²) in [6.45, 7) is 1.74. The molecule has 1 unspecified atom stereocenters. The molecule has 0 saturated heterocycles. The lowest BCUT2D eigenvalue weighted by Gasteiger charge is -2.24. The summed E-state index contributed by atoms with van der Waals surface area (Å²) < 4.78 is 1.80. The Morgan fingerprint density at radius 3 is 2.47 bits per heavy atom. The summed E-state index contributed by atoms with van der Waals surface area (Å²) in [6.07, 6.45) is 2.12. The van der Waals surface area contributed by atoms with Gasteiger partial charge in [0.05, 0.1) is 5.60 Å². The smallest absolute Gasteiger partial charge is 0.0938 e. The average molecular weight is 406 g/mol. The highest BCUT2D eigenvalue weighted by molar-refractivity contribution is 9.10. The molecule has 0 bridgehead atoms. The Labute approximate surface area is 134 Å². The van der Waals surface area contributed by atoms with Gasteiger partial charge in [-0.2, -0.15) is 0 Å². The fraction of sp³-hybridized carbons (Fsp3) is 0.214. The van der Waals surface area contributed by atoms with Gasteiger partial charge in [-0.3, -0.25) is 4.98 Å². The SMILES string of the molecule is CC(O)(Cc1ccc(Br)cn1)c1ccc(Br)cc1Cl. The van der Waals surface area contributed by atoms with Crippen molar-refractivity contribution in [1.29, 1.82) is 0 Å². The lowest BCUT2D eigenvalue weighted by Crippen LogP contribution is -2.25. The van der Waals surface area contributed by atoms with Gasteiger partial charge in [0.25, 0.3) is 0 Å². The fourth-order valence-corrected chi connectivity index (χ4v) is 3.00. The van der Waals surface area contributed by atoms with Crippen molar-refractivity contribution >= 4 is 43.5 Å². The number of halogens is 3. The molecular formula is C14H12Br2ClNO. The van der Waals surface area contributed by atoms with Crippen molar-refractivity contribution in [3.05, 3.63) is 61.8 Å². The molecular weight excluding hydrogens is 393 g/mol. The van der Waals surface area contributed by atoms with Gasteiger partial charge in [-0.1, -0.05) is 33.6 Å². The first kappa shape index (κ1) is 15.0. The molecule has 0 radical (unpaired) electrons. The maximum Gasteiger partial charge on any atom is 0.0938 e. The number of hydrogen-bond acceptors (Lipinski definition) is 2. The van der Waals surface area contributed by atoms with Crippen LogP contribution < -0.4 is 0 Å². The van der Waals surface area contributed by atoms with E-state index in [9.17, 15) is 5.11 Å². The second-order valence-corrected chi connectivity index (χ2v) is 6.78. The van der Waals surface area contributed by atoms with E-state index in [-0.39, 0.29) is 0 Å². The molecule has 5 heteroatoms. The van der Waals surface area contributed by atoms with Crippen LogP contribution in [0.4, 0.5) is 0 Å². The topological polar surface area (TPSA) is 33.1 Å². The maximum atomic E-state index is 10.6. The zero-order valence-electron chi connectivity index (χ0n) is 10.2. The summed E-state index contributed by atoms with van der Waals surface area (Å²) >= 11 is 12.9. The van der Waals surface area contributed by atoms with Crippen LogP contribution in [0.2, 0.25) is 5.02 Å². The quantitative estimate of drug-likeness (QED) is 0.802. The molecule has 1 aromatic carbocycles. The highest BCUT2D eigenvalue weighted by atomic mass is 79.9. The number of aromatic nitrogens is 1. The monoisotopic (exact) mass is 403 g/mol. The van der Waals surface area contributed by atoms with Gasteiger partial charge in [0, 0.05) is 37.8 Å². The zero-order valence-corrected chi connectivity index (χ0v) is 14.1. The number of hydrogen-bond donors (Lipinski definition) is 1. The van der Waals surface area contributed by atoms with Gasteiger partial charge < -0.3 is 5.11 Å². The zero-order chi connectivity index (χ0) is 14.0. The van der Waals surface area contributed by atoms with E-state index in [0.29, 0.717) is 17.0 Å². The molecule has 0 spiro atoms. The molecule has 1 atom stereocenters. The predicted molar refractivity (Wildman–Crippen MR) is 84.4 cm³/mol. The lowest BCUT2D eigenvalue weighted by atomic mass is 9.91. The highest BCUT2D eigenvalue weighted by Gasteiger charge is 2.26. The third-order valence-electron chi connectivity index (χ3n) is 2.83. The van der Waals surface area contributed by atoms with E-state index < -0.39 is 5.60 Å². The Morgan fingerprint density at radius 1 is 1.21 bits per heavy atom. The first-order chi connectivity index (χ1) is 8.88. The van der Waals surface area contributed by atoms with Crippen LogP contribution in [0.3, 0.4) is 0 Å². The molecule has 0 aliphatic carbocycles. The van der Waals surface area contributed by atoms with Crippen molar-refractivity contribution in [2.24, 2.45) is 0 Å². The van der Waals surface area contributed by atoms with E-state index in [1.165, 1.54) is 0 Å². The summed E-state index contributed by atoms with van der Waals surface area (Å²) in [7, 11) is 0. The Morgan fingerprint density at radius 2 is 1.89 bits per heavy atom. The number of rotatable bonds is 3. The molecule has 1 N–H and O–H groups in total. The summed E-state index contributed by atoms with van der Waals surface area (Å²) in [5.41, 5.74) is 0.452. The molecule has 0 aliphatic heterocycles. The Balaban J connectivity index is 2.29. The van der Waals surface area contributed by atoms with Crippen LogP contribution in [0, 0.1) is 0 Å². The standard InChI is InChI=1S/C14H12Br2ClNO/c1-14(19,7-11-4-2-10(16)8-18-11)12-5-3-9(15)6-13(12)17/h2-6,8,19H,7H2,1H3. The largest absolute Gasteiger partial charge is 0.385 e. The number of aliphatic hydroxyl groups is 1. The van der Waals surface area contributed by atoms with Crippen LogP contribution in [0.15, 0.2) is 45.5 Å². The van der Waals surface area contributed by atoms with Crippen LogP contribution in [-0.4, -0.2) is 10.1 Å². The van der Waals surface area contributed by atoms with E-state index in [2.05, 4.69) is 36.8 Å². The van der Waals surface area contributed by atoms with Crippen molar-refractivity contribution < 1.29 is 5.11 Å². The van der Waals surface area contributed by atoms with Crippen molar-refractivity contribution in [2.75, 3.05) is 0 Å². The normalized spacial score (nSPS) is 14.2. The van der Waals surface area contributed by atoms with Crippen molar-refractivity contribution in [2.45, 2.75) is 18.9 Å². The maximum absolute atomic E-state index is 10.6. The lowest BCUT2D eigenvalue weighted by molar-refractivity contribution is 0.0567. The summed E-state index contributed by atoms with van der Waals surface area (Å²) in [5, 5.41) is 11.2. The molecule has 100 valence electrons. The van der Waals surface area contributed by atoms with Crippen LogP contribution in [0.25, 0.3) is 0 Å². The summed E-state index contributed by atoms with van der Waals surface area (Å²) in [6, 6.07) is 9.25. The van der Waals surface area contributed by atoms with Gasteiger partial charge in [0.1, 0.15) is 0 Å². The van der Waals surface area contributed by atoms with Gasteiger partial charge in [-0.25, -0.2) is 0 Å². The molecule has 2 nitrogen and oxygen atoms in total. The third kappa shape index (κ3) is 3.78. The average Bonchev–Trinajstić information content (AvgIpc) is 2.31. The molecule has 0 aliphatic rings. The minimum atomic E-state index is -1.06. The molecule has 2 rings (SSSR count). The van der Waals surface area contributed by atoms with Gasteiger partial charge in [-0.05, 0) is 47.1 Å². The Hall–Kier alpha value is -0.420. The van der Waals surface area contributed by atoms with E-state index in [1.54, 1.807) is 19.2 Å². The predicted octanol–water partition coefficient (Wildman–Crippen LogP) is 4.71. The number of pyridine rings is 1. The van der Waals surface area contributed by atoms with Crippen LogP contribution in [0.1, 0.15) is 18.2 Å². The van der Waals surface area contributed by atoms with E-state index >= 15 is 0 Å². The van der Waals surface area contributed by atoms with E-state index in [4.69, 9.17) is 11.6 Å². The number of nitrogens with zero attached hydrogens (tertiary/aromatic N) is 1. The van der Waals surface area contributed by atoms with Gasteiger partial charge in [0.2, 0.25) is 0 Å². The van der Waals surface area contributed by atoms with Crippen molar-refractivity contribution in [3.63, 3.8) is 0 Å². The molecule has 1 aromatic heterocycles. The van der Waals surface area contributed by atoms with Crippen LogP contribution in [0.5, 0.6) is 0 Å². The summed E-state index contributed by atoms with van der Waals surface area (Å²) in [4.78, 5) is 4.28. The molecule has 0 amide bonds. The van der Waals surface area contributed by atoms with Gasteiger partial charge in [0.15, 0.2) is 0 Å². The van der Waals surface area contributed by atoms with E-state index in [0.717, 1.165) is 14.6 Å². The Kier molecular flexibility index (Phi) is 4.66. The minimum Gasteiger partial charge on any atom is -0.385 e. The summed E-state index contributed by atoms with van der Waals surface area (Å²) in [5.74, 6) is 0. The highest BCUT2D eigenvalue weighted by Crippen LogP contribution is 2.32. The molecule has 2 aromatic rings. The second-order valence-electron chi connectivity index (χ2n) is 4.54. The molecule has 0 fully saturated rings. The van der Waals surface area contributed by atoms with Crippen molar-refractivity contribution in [1.82, 2.24) is 4.98 Å². The third-order valence-corrected chi connectivity index (χ3v) is 4.10.